The Labute approximate surface area is 140 Å². The van der Waals surface area contributed by atoms with Crippen LogP contribution in [0, 0.1) is 0 Å². The molecule has 0 atom stereocenters. The van der Waals surface area contributed by atoms with Crippen LogP contribution in [0.3, 0.4) is 0 Å². The smallest absolute Gasteiger partial charge is 0.241 e. The number of ether oxygens (including phenoxy) is 1. The van der Waals surface area contributed by atoms with Crippen LogP contribution >= 0.6 is 0 Å². The summed E-state index contributed by atoms with van der Waals surface area (Å²) in [6, 6.07) is 12.4. The molecule has 0 aliphatic heterocycles. The highest BCUT2D eigenvalue weighted by molar-refractivity contribution is 5.44. The van der Waals surface area contributed by atoms with Crippen LogP contribution in [-0.2, 0) is 13.1 Å². The van der Waals surface area contributed by atoms with E-state index in [0.717, 1.165) is 12.3 Å². The first-order valence-corrected chi connectivity index (χ1v) is 8.05. The second kappa shape index (κ2) is 6.49. The van der Waals surface area contributed by atoms with Crippen LogP contribution in [0.15, 0.2) is 51.6 Å². The fourth-order valence-electron chi connectivity index (χ4n) is 2.72. The Kier molecular flexibility index (Phi) is 4.04. The topological polar surface area (TPSA) is 64.5 Å². The Morgan fingerprint density at radius 2 is 2.00 bits per heavy atom. The van der Waals surface area contributed by atoms with E-state index in [4.69, 9.17) is 13.7 Å². The number of methoxy groups -OCH3 is 1. The molecule has 0 N–H and O–H groups in total. The zero-order valence-corrected chi connectivity index (χ0v) is 13.5. The van der Waals surface area contributed by atoms with E-state index in [1.807, 2.05) is 24.3 Å². The molecule has 6 heteroatoms. The predicted octanol–water partition coefficient (Wildman–Crippen LogP) is 3.50. The van der Waals surface area contributed by atoms with Crippen LogP contribution in [-0.4, -0.2) is 28.2 Å². The van der Waals surface area contributed by atoms with Crippen LogP contribution in [0.25, 0.3) is 11.6 Å². The lowest BCUT2D eigenvalue weighted by molar-refractivity contribution is 0.209. The van der Waals surface area contributed by atoms with Crippen molar-refractivity contribution in [1.82, 2.24) is 15.0 Å². The zero-order valence-electron chi connectivity index (χ0n) is 13.5. The molecule has 0 spiro atoms. The van der Waals surface area contributed by atoms with Crippen molar-refractivity contribution in [3.8, 4) is 17.3 Å². The monoisotopic (exact) mass is 325 g/mol. The highest BCUT2D eigenvalue weighted by Crippen LogP contribution is 2.30. The summed E-state index contributed by atoms with van der Waals surface area (Å²) in [4.78, 5) is 6.81. The first kappa shape index (κ1) is 15.0. The van der Waals surface area contributed by atoms with E-state index in [2.05, 4.69) is 27.2 Å². The van der Waals surface area contributed by atoms with Gasteiger partial charge in [-0.3, -0.25) is 4.90 Å². The summed E-state index contributed by atoms with van der Waals surface area (Å²) in [6.07, 6.45) is 4.04. The van der Waals surface area contributed by atoms with E-state index >= 15 is 0 Å². The molecule has 0 unspecified atom stereocenters. The van der Waals surface area contributed by atoms with Gasteiger partial charge in [-0.15, -0.1) is 0 Å². The van der Waals surface area contributed by atoms with Crippen molar-refractivity contribution < 1.29 is 13.7 Å². The number of furan rings is 1. The van der Waals surface area contributed by atoms with Crippen LogP contribution in [0.1, 0.15) is 24.3 Å². The Morgan fingerprint density at radius 1 is 1.17 bits per heavy atom. The van der Waals surface area contributed by atoms with Crippen molar-refractivity contribution in [2.45, 2.75) is 32.0 Å². The van der Waals surface area contributed by atoms with Gasteiger partial charge in [0.25, 0.3) is 0 Å². The second-order valence-electron chi connectivity index (χ2n) is 5.97. The molecule has 0 radical (unpaired) electrons. The van der Waals surface area contributed by atoms with Gasteiger partial charge in [0.15, 0.2) is 5.76 Å². The molecule has 0 bridgehead atoms. The Hall–Kier alpha value is -2.60. The van der Waals surface area contributed by atoms with Gasteiger partial charge in [-0.1, -0.05) is 17.3 Å². The predicted molar refractivity (Wildman–Crippen MR) is 87.3 cm³/mol. The van der Waals surface area contributed by atoms with Gasteiger partial charge >= 0.3 is 0 Å². The van der Waals surface area contributed by atoms with Gasteiger partial charge < -0.3 is 13.7 Å². The lowest BCUT2D eigenvalue weighted by atomic mass is 10.2. The average Bonchev–Trinajstić information content (AvgIpc) is 3.11. The summed E-state index contributed by atoms with van der Waals surface area (Å²) in [5.74, 6) is 2.60. The quantitative estimate of drug-likeness (QED) is 0.662. The fraction of sp³-hybridized carbons (Fsp3) is 0.333. The largest absolute Gasteiger partial charge is 0.497 e. The number of hydrogen-bond acceptors (Lipinski definition) is 6. The minimum absolute atomic E-state index is 0.496. The minimum Gasteiger partial charge on any atom is -0.497 e. The maximum atomic E-state index is 5.39. The lowest BCUT2D eigenvalue weighted by Gasteiger charge is -2.20. The van der Waals surface area contributed by atoms with Gasteiger partial charge in [0, 0.05) is 12.6 Å². The van der Waals surface area contributed by atoms with Crippen LogP contribution in [0.5, 0.6) is 5.75 Å². The molecular formula is C18H19N3O3. The first-order chi connectivity index (χ1) is 11.8. The van der Waals surface area contributed by atoms with Crippen LogP contribution in [0.2, 0.25) is 0 Å². The van der Waals surface area contributed by atoms with Gasteiger partial charge in [0.2, 0.25) is 11.7 Å². The summed E-state index contributed by atoms with van der Waals surface area (Å²) in [6.45, 7) is 1.50. The molecule has 1 aliphatic carbocycles. The third-order valence-corrected chi connectivity index (χ3v) is 4.16. The van der Waals surface area contributed by atoms with Gasteiger partial charge in [0.05, 0.1) is 19.9 Å². The van der Waals surface area contributed by atoms with Gasteiger partial charge in [-0.2, -0.15) is 4.98 Å². The molecule has 2 heterocycles. The molecule has 4 rings (SSSR count). The van der Waals surface area contributed by atoms with Crippen molar-refractivity contribution in [2.75, 3.05) is 7.11 Å². The molecule has 1 saturated carbocycles. The maximum absolute atomic E-state index is 5.39. The molecule has 0 amide bonds. The third kappa shape index (κ3) is 3.33. The summed E-state index contributed by atoms with van der Waals surface area (Å²) in [5, 5.41) is 4.00. The van der Waals surface area contributed by atoms with Gasteiger partial charge in [-0.25, -0.2) is 0 Å². The molecule has 3 aromatic rings. The van der Waals surface area contributed by atoms with E-state index < -0.39 is 0 Å². The third-order valence-electron chi connectivity index (χ3n) is 4.16. The van der Waals surface area contributed by atoms with Gasteiger partial charge in [0.1, 0.15) is 5.75 Å². The van der Waals surface area contributed by atoms with Crippen molar-refractivity contribution in [2.24, 2.45) is 0 Å². The fourth-order valence-corrected chi connectivity index (χ4v) is 2.72. The van der Waals surface area contributed by atoms with E-state index in [1.165, 1.54) is 18.4 Å². The zero-order chi connectivity index (χ0) is 16.4. The Morgan fingerprint density at radius 3 is 2.67 bits per heavy atom. The second-order valence-corrected chi connectivity index (χ2v) is 5.97. The van der Waals surface area contributed by atoms with E-state index in [-0.39, 0.29) is 0 Å². The summed E-state index contributed by atoms with van der Waals surface area (Å²) in [7, 11) is 1.68. The molecule has 1 fully saturated rings. The lowest BCUT2D eigenvalue weighted by Crippen LogP contribution is -2.25. The van der Waals surface area contributed by atoms with Crippen molar-refractivity contribution >= 4 is 0 Å². The Balaban J connectivity index is 1.45. The maximum Gasteiger partial charge on any atom is 0.241 e. The van der Waals surface area contributed by atoms with Crippen molar-refractivity contribution in [3.63, 3.8) is 0 Å². The van der Waals surface area contributed by atoms with Crippen LogP contribution in [0.4, 0.5) is 0 Å². The standard InChI is InChI=1S/C18H19N3O3/c1-22-15-8-4-13(5-9-15)11-21(14-6-7-14)12-17-19-18(20-24-17)16-3-2-10-23-16/h2-5,8-10,14H,6-7,11-12H2,1H3. The number of nitrogens with zero attached hydrogens (tertiary/aromatic N) is 3. The number of rotatable bonds is 7. The summed E-state index contributed by atoms with van der Waals surface area (Å²) in [5.41, 5.74) is 1.24. The van der Waals surface area contributed by atoms with Crippen LogP contribution < -0.4 is 4.74 Å². The normalized spacial score (nSPS) is 14.2. The van der Waals surface area contributed by atoms with E-state index in [9.17, 15) is 0 Å². The minimum atomic E-state index is 0.496. The Bertz CT molecular complexity index is 776. The number of hydrogen-bond donors (Lipinski definition) is 0. The van der Waals surface area contributed by atoms with E-state index in [1.54, 1.807) is 13.4 Å². The molecule has 24 heavy (non-hydrogen) atoms. The summed E-state index contributed by atoms with van der Waals surface area (Å²) < 4.78 is 15.9. The summed E-state index contributed by atoms with van der Waals surface area (Å²) >= 11 is 0. The molecular weight excluding hydrogens is 306 g/mol. The molecule has 0 saturated heterocycles. The van der Waals surface area contributed by atoms with Crippen molar-refractivity contribution in [1.29, 1.82) is 0 Å². The highest BCUT2D eigenvalue weighted by Gasteiger charge is 2.30. The molecule has 1 aromatic carbocycles. The molecule has 1 aliphatic rings. The first-order valence-electron chi connectivity index (χ1n) is 8.05. The SMILES string of the molecule is COc1ccc(CN(Cc2nc(-c3ccco3)no2)C2CC2)cc1. The van der Waals surface area contributed by atoms with E-state index in [0.29, 0.717) is 30.1 Å². The average molecular weight is 325 g/mol. The molecule has 6 nitrogen and oxygen atoms in total. The molecule has 2 aromatic heterocycles. The highest BCUT2D eigenvalue weighted by atomic mass is 16.5. The van der Waals surface area contributed by atoms with Gasteiger partial charge in [-0.05, 0) is 42.7 Å². The number of benzene rings is 1. The molecule has 124 valence electrons. The van der Waals surface area contributed by atoms with Crippen molar-refractivity contribution in [3.05, 3.63) is 54.1 Å². The number of aromatic nitrogens is 2.